The summed E-state index contributed by atoms with van der Waals surface area (Å²) in [4.78, 5) is 39.2. The average Bonchev–Trinajstić information content (AvgIpc) is 3.22. The van der Waals surface area contributed by atoms with Crippen molar-refractivity contribution in [2.24, 2.45) is 28.6 Å². The van der Waals surface area contributed by atoms with Gasteiger partial charge in [-0.15, -0.1) is 0 Å². The van der Waals surface area contributed by atoms with Crippen LogP contribution in [0.5, 0.6) is 0 Å². The zero-order valence-electron chi connectivity index (χ0n) is 22.2. The van der Waals surface area contributed by atoms with Gasteiger partial charge in [0.1, 0.15) is 5.76 Å². The summed E-state index contributed by atoms with van der Waals surface area (Å²) >= 11 is 0. The number of hydrogen-bond acceptors (Lipinski definition) is 9. The summed E-state index contributed by atoms with van der Waals surface area (Å²) in [5.41, 5.74) is -1.74. The van der Waals surface area contributed by atoms with Crippen LogP contribution >= 0.6 is 0 Å². The molecule has 1 aliphatic heterocycles. The van der Waals surface area contributed by atoms with E-state index >= 15 is 0 Å². The molecule has 4 aliphatic carbocycles. The van der Waals surface area contributed by atoms with Crippen molar-refractivity contribution in [3.63, 3.8) is 0 Å². The third kappa shape index (κ3) is 4.00. The highest BCUT2D eigenvalue weighted by Crippen LogP contribution is 2.70. The SMILES string of the molecule is CC1(C)O[C@@H]2C[C@H]3[C@@H]4CCC5=CC(O)=CC(=O)[C@]5(C)[C@H]4CC[C@]3(C)[C@]2(C(=O)COC(=O)CCS(=O)(=O)O)O1. The fourth-order valence-corrected chi connectivity index (χ4v) is 8.86. The second-order valence-corrected chi connectivity index (χ2v) is 13.9. The van der Waals surface area contributed by atoms with Crippen LogP contribution < -0.4 is 0 Å². The number of carbonyl (C=O) groups excluding carboxylic acids is 3. The molecule has 3 saturated carbocycles. The minimum Gasteiger partial charge on any atom is -0.508 e. The van der Waals surface area contributed by atoms with Crippen LogP contribution in [0.3, 0.4) is 0 Å². The van der Waals surface area contributed by atoms with E-state index in [0.717, 1.165) is 12.0 Å². The largest absolute Gasteiger partial charge is 0.508 e. The van der Waals surface area contributed by atoms with E-state index in [0.29, 0.717) is 25.7 Å². The van der Waals surface area contributed by atoms with Gasteiger partial charge in [0, 0.05) is 11.5 Å². The molecule has 2 N–H and O–H groups in total. The van der Waals surface area contributed by atoms with E-state index in [2.05, 4.69) is 0 Å². The smallest absolute Gasteiger partial charge is 0.307 e. The number of ether oxygens (including phenoxy) is 3. The molecule has 5 rings (SSSR count). The molecule has 0 radical (unpaired) electrons. The average molecular weight is 553 g/mol. The van der Waals surface area contributed by atoms with Crippen molar-refractivity contribution in [3.05, 3.63) is 23.5 Å². The van der Waals surface area contributed by atoms with Crippen LogP contribution in [0.2, 0.25) is 0 Å². The Morgan fingerprint density at radius 3 is 2.53 bits per heavy atom. The first-order valence-electron chi connectivity index (χ1n) is 13.2. The van der Waals surface area contributed by atoms with E-state index in [-0.39, 0.29) is 29.3 Å². The Morgan fingerprint density at radius 1 is 1.13 bits per heavy atom. The van der Waals surface area contributed by atoms with Crippen LogP contribution in [0.1, 0.15) is 66.2 Å². The number of hydrogen-bond donors (Lipinski definition) is 2. The van der Waals surface area contributed by atoms with Crippen molar-refractivity contribution >= 4 is 27.7 Å². The molecule has 0 bridgehead atoms. The highest BCUT2D eigenvalue weighted by Gasteiger charge is 2.76. The molecule has 38 heavy (non-hydrogen) atoms. The maximum Gasteiger partial charge on any atom is 0.307 e. The van der Waals surface area contributed by atoms with Gasteiger partial charge in [-0.3, -0.25) is 18.9 Å². The van der Waals surface area contributed by atoms with Gasteiger partial charge in [0.05, 0.1) is 23.7 Å². The highest BCUT2D eigenvalue weighted by molar-refractivity contribution is 7.85. The van der Waals surface area contributed by atoms with Gasteiger partial charge < -0.3 is 19.3 Å². The lowest BCUT2D eigenvalue weighted by Crippen LogP contribution is -2.61. The van der Waals surface area contributed by atoms with E-state index in [1.54, 1.807) is 19.9 Å². The first kappa shape index (κ1) is 27.5. The first-order chi connectivity index (χ1) is 17.5. The molecule has 5 aliphatic rings. The second-order valence-electron chi connectivity index (χ2n) is 12.4. The number of rotatable bonds is 6. The van der Waals surface area contributed by atoms with Crippen LogP contribution in [0.15, 0.2) is 23.5 Å². The number of esters is 1. The number of Topliss-reactive ketones (excluding diaryl/α,β-unsaturated/α-hetero) is 1. The molecule has 0 amide bonds. The quantitative estimate of drug-likeness (QED) is 0.371. The Morgan fingerprint density at radius 2 is 1.84 bits per heavy atom. The van der Waals surface area contributed by atoms with Gasteiger partial charge in [0.2, 0.25) is 5.78 Å². The van der Waals surface area contributed by atoms with Gasteiger partial charge in [0.25, 0.3) is 10.1 Å². The lowest BCUT2D eigenvalue weighted by molar-refractivity contribution is -0.216. The Labute approximate surface area is 222 Å². The molecule has 0 spiro atoms. The Hall–Kier alpha value is -2.08. The molecule has 0 unspecified atom stereocenters. The molecule has 0 aromatic rings. The predicted molar refractivity (Wildman–Crippen MR) is 133 cm³/mol. The molecule has 10 nitrogen and oxygen atoms in total. The van der Waals surface area contributed by atoms with Gasteiger partial charge in [0.15, 0.2) is 23.8 Å². The van der Waals surface area contributed by atoms with E-state index < -0.39 is 69.0 Å². The van der Waals surface area contributed by atoms with E-state index in [1.165, 1.54) is 6.08 Å². The maximum absolute atomic E-state index is 13.9. The minimum atomic E-state index is -4.34. The van der Waals surface area contributed by atoms with Crippen molar-refractivity contribution in [2.45, 2.75) is 83.7 Å². The second kappa shape index (κ2) is 8.71. The predicted octanol–water partition coefficient (Wildman–Crippen LogP) is 3.07. The topological polar surface area (TPSA) is 153 Å². The van der Waals surface area contributed by atoms with Crippen LogP contribution in [0, 0.1) is 28.6 Å². The van der Waals surface area contributed by atoms with E-state index in [4.69, 9.17) is 18.8 Å². The molecule has 1 saturated heterocycles. The molecular weight excluding hydrogens is 516 g/mol. The summed E-state index contributed by atoms with van der Waals surface area (Å²) in [6.07, 6.45) is 5.26. The van der Waals surface area contributed by atoms with E-state index in [9.17, 15) is 27.9 Å². The van der Waals surface area contributed by atoms with Crippen molar-refractivity contribution in [2.75, 3.05) is 12.4 Å². The third-order valence-corrected chi connectivity index (χ3v) is 10.8. The lowest BCUT2D eigenvalue weighted by atomic mass is 9.46. The number of carbonyl (C=O) groups is 3. The van der Waals surface area contributed by atoms with Crippen LogP contribution in [-0.4, -0.2) is 65.5 Å². The van der Waals surface area contributed by atoms with Crippen molar-refractivity contribution in [1.82, 2.24) is 0 Å². The summed E-state index contributed by atoms with van der Waals surface area (Å²) < 4.78 is 48.7. The van der Waals surface area contributed by atoms with Gasteiger partial charge in [-0.05, 0) is 76.7 Å². The molecule has 4 fully saturated rings. The fourth-order valence-electron chi connectivity index (χ4n) is 8.44. The zero-order valence-corrected chi connectivity index (χ0v) is 23.0. The molecule has 7 atom stereocenters. The molecule has 1 heterocycles. The minimum absolute atomic E-state index is 0.00307. The standard InChI is InChI=1S/C27H36O10S/c1-24(2)36-22-13-19-17-6-5-15-11-16(28)12-20(29)26(15,4)18(17)7-9-25(19,3)27(22,37-24)21(30)14-35-23(31)8-10-38(32,33)34/h11-12,17-19,22,28H,5-10,13-14H2,1-4H3,(H,32,33,34)/t17-,18+,19+,22-,25+,26+,27-/m1/s1. The molecule has 0 aromatic heterocycles. The van der Waals surface area contributed by atoms with Gasteiger partial charge in [-0.2, -0.15) is 8.42 Å². The van der Waals surface area contributed by atoms with Gasteiger partial charge >= 0.3 is 5.97 Å². The number of ketones is 2. The van der Waals surface area contributed by atoms with Crippen LogP contribution in [0.25, 0.3) is 0 Å². The summed E-state index contributed by atoms with van der Waals surface area (Å²) in [7, 11) is -4.34. The summed E-state index contributed by atoms with van der Waals surface area (Å²) in [6, 6.07) is 0. The normalized spacial score (nSPS) is 41.2. The fraction of sp³-hybridized carbons (Fsp3) is 0.741. The maximum atomic E-state index is 13.9. The monoisotopic (exact) mass is 552 g/mol. The molecule has 210 valence electrons. The summed E-state index contributed by atoms with van der Waals surface area (Å²) in [6.45, 7) is 6.92. The van der Waals surface area contributed by atoms with Crippen molar-refractivity contribution < 1.29 is 46.7 Å². The number of allylic oxidation sites excluding steroid dienone is 3. The Bertz CT molecular complexity index is 1250. The van der Waals surface area contributed by atoms with Crippen LogP contribution in [-0.2, 0) is 38.7 Å². The summed E-state index contributed by atoms with van der Waals surface area (Å²) in [5.74, 6) is -3.03. The Kier molecular flexibility index (Phi) is 6.30. The zero-order chi connectivity index (χ0) is 27.9. The summed E-state index contributed by atoms with van der Waals surface area (Å²) in [5, 5.41) is 10.1. The van der Waals surface area contributed by atoms with Crippen molar-refractivity contribution in [3.8, 4) is 0 Å². The first-order valence-corrected chi connectivity index (χ1v) is 14.8. The highest BCUT2D eigenvalue weighted by atomic mass is 32.2. The van der Waals surface area contributed by atoms with Crippen molar-refractivity contribution in [1.29, 1.82) is 0 Å². The number of fused-ring (bicyclic) bond motifs is 7. The number of aliphatic hydroxyl groups is 1. The van der Waals surface area contributed by atoms with E-state index in [1.807, 2.05) is 13.8 Å². The third-order valence-electron chi connectivity index (χ3n) is 10.0. The molecule has 0 aromatic carbocycles. The Balaban J connectivity index is 1.42. The van der Waals surface area contributed by atoms with Gasteiger partial charge in [-0.25, -0.2) is 0 Å². The molecule has 11 heteroatoms. The van der Waals surface area contributed by atoms with Gasteiger partial charge in [-0.1, -0.05) is 12.5 Å². The van der Waals surface area contributed by atoms with Crippen LogP contribution in [0.4, 0.5) is 0 Å². The number of aliphatic hydroxyl groups excluding tert-OH is 1. The lowest BCUT2D eigenvalue weighted by Gasteiger charge is -2.58. The molecular formula is C27H36O10S.